The van der Waals surface area contributed by atoms with Crippen LogP contribution in [-0.2, 0) is 4.79 Å². The summed E-state index contributed by atoms with van der Waals surface area (Å²) in [5.74, 6) is 0.165. The molecule has 17 heavy (non-hydrogen) atoms. The molecule has 92 valence electrons. The normalized spacial score (nSPS) is 24.4. The van der Waals surface area contributed by atoms with E-state index >= 15 is 0 Å². The summed E-state index contributed by atoms with van der Waals surface area (Å²) in [6.07, 6.45) is 5.44. The maximum Gasteiger partial charge on any atom is 0.233 e. The molecule has 0 aromatic carbocycles. The quantitative estimate of drug-likeness (QED) is 0.840. The number of carbonyl (C=O) groups is 1. The molecule has 4 heteroatoms. The Hall–Kier alpha value is -1.42. The van der Waals surface area contributed by atoms with Crippen molar-refractivity contribution >= 4 is 11.6 Å². The summed E-state index contributed by atoms with van der Waals surface area (Å²) < 4.78 is 0. The van der Waals surface area contributed by atoms with Crippen molar-refractivity contribution in [1.29, 1.82) is 0 Å². The Balaban J connectivity index is 2.14. The average Bonchev–Trinajstić information content (AvgIpc) is 2.39. The lowest BCUT2D eigenvalue weighted by Crippen LogP contribution is -2.49. The van der Waals surface area contributed by atoms with Crippen molar-refractivity contribution in [2.75, 3.05) is 25.0 Å². The Bertz CT molecular complexity index is 385. The van der Waals surface area contributed by atoms with Crippen LogP contribution in [0.1, 0.15) is 19.8 Å². The van der Waals surface area contributed by atoms with Crippen LogP contribution in [0.4, 0.5) is 5.69 Å². The van der Waals surface area contributed by atoms with Crippen molar-refractivity contribution in [3.63, 3.8) is 0 Å². The molecule has 1 aliphatic heterocycles. The highest BCUT2D eigenvalue weighted by molar-refractivity contribution is 5.97. The smallest absolute Gasteiger partial charge is 0.233 e. The van der Waals surface area contributed by atoms with Gasteiger partial charge in [0, 0.05) is 19.8 Å². The van der Waals surface area contributed by atoms with Crippen LogP contribution < -0.4 is 10.2 Å². The van der Waals surface area contributed by atoms with Crippen LogP contribution >= 0.6 is 0 Å². The molecule has 1 unspecified atom stereocenters. The van der Waals surface area contributed by atoms with Crippen LogP contribution in [0.2, 0.25) is 0 Å². The van der Waals surface area contributed by atoms with Gasteiger partial charge in [-0.25, -0.2) is 0 Å². The van der Waals surface area contributed by atoms with E-state index in [9.17, 15) is 4.79 Å². The van der Waals surface area contributed by atoms with E-state index in [1.807, 2.05) is 26.1 Å². The van der Waals surface area contributed by atoms with Crippen molar-refractivity contribution in [2.45, 2.75) is 19.8 Å². The molecule has 1 atom stereocenters. The van der Waals surface area contributed by atoms with Gasteiger partial charge in [0.25, 0.3) is 0 Å². The SMILES string of the molecule is CN(C(=O)C1(C)CCCNC1)c1cccnc1. The molecular weight excluding hydrogens is 214 g/mol. The first-order valence-electron chi connectivity index (χ1n) is 6.02. The fourth-order valence-corrected chi connectivity index (χ4v) is 2.31. The number of hydrogen-bond donors (Lipinski definition) is 1. The number of hydrogen-bond acceptors (Lipinski definition) is 3. The summed E-state index contributed by atoms with van der Waals surface area (Å²) in [5, 5.41) is 3.30. The number of rotatable bonds is 2. The first-order chi connectivity index (χ1) is 8.13. The third-order valence-electron chi connectivity index (χ3n) is 3.45. The summed E-state index contributed by atoms with van der Waals surface area (Å²) in [5.41, 5.74) is 0.562. The minimum absolute atomic E-state index is 0.165. The summed E-state index contributed by atoms with van der Waals surface area (Å²) in [4.78, 5) is 18.2. The lowest BCUT2D eigenvalue weighted by molar-refractivity contribution is -0.128. The Morgan fingerprint density at radius 2 is 2.41 bits per heavy atom. The van der Waals surface area contributed by atoms with E-state index in [0.29, 0.717) is 0 Å². The van der Waals surface area contributed by atoms with Gasteiger partial charge in [-0.05, 0) is 38.4 Å². The second-order valence-corrected chi connectivity index (χ2v) is 4.92. The Morgan fingerprint density at radius 1 is 1.59 bits per heavy atom. The van der Waals surface area contributed by atoms with Crippen molar-refractivity contribution in [3.8, 4) is 0 Å². The predicted molar refractivity (Wildman–Crippen MR) is 67.9 cm³/mol. The summed E-state index contributed by atoms with van der Waals surface area (Å²) in [6.45, 7) is 3.81. The van der Waals surface area contributed by atoms with Gasteiger partial charge >= 0.3 is 0 Å². The Labute approximate surface area is 102 Å². The molecule has 0 saturated carbocycles. The molecule has 0 bridgehead atoms. The topological polar surface area (TPSA) is 45.2 Å². The molecule has 1 saturated heterocycles. The van der Waals surface area contributed by atoms with E-state index in [2.05, 4.69) is 10.3 Å². The van der Waals surface area contributed by atoms with Gasteiger partial charge in [0.1, 0.15) is 0 Å². The van der Waals surface area contributed by atoms with E-state index in [-0.39, 0.29) is 11.3 Å². The van der Waals surface area contributed by atoms with Crippen molar-refractivity contribution in [2.24, 2.45) is 5.41 Å². The molecule has 0 aliphatic carbocycles. The molecule has 1 aliphatic rings. The largest absolute Gasteiger partial charge is 0.316 e. The fraction of sp³-hybridized carbons (Fsp3) is 0.538. The van der Waals surface area contributed by atoms with Gasteiger partial charge in [-0.2, -0.15) is 0 Å². The van der Waals surface area contributed by atoms with Crippen LogP contribution in [0.25, 0.3) is 0 Å². The number of nitrogens with zero attached hydrogens (tertiary/aromatic N) is 2. The lowest BCUT2D eigenvalue weighted by Gasteiger charge is -2.35. The highest BCUT2D eigenvalue weighted by Gasteiger charge is 2.37. The molecular formula is C13H19N3O. The Kier molecular flexibility index (Phi) is 3.43. The number of piperidine rings is 1. The van der Waals surface area contributed by atoms with Gasteiger partial charge in [-0.15, -0.1) is 0 Å². The number of pyridine rings is 1. The molecule has 0 spiro atoms. The Morgan fingerprint density at radius 3 is 3.00 bits per heavy atom. The predicted octanol–water partition coefficient (Wildman–Crippen LogP) is 1.43. The zero-order valence-corrected chi connectivity index (χ0v) is 10.4. The van der Waals surface area contributed by atoms with Crippen LogP contribution in [0.3, 0.4) is 0 Å². The van der Waals surface area contributed by atoms with E-state index in [4.69, 9.17) is 0 Å². The van der Waals surface area contributed by atoms with E-state index in [1.165, 1.54) is 0 Å². The van der Waals surface area contributed by atoms with Crippen LogP contribution in [0.5, 0.6) is 0 Å². The van der Waals surface area contributed by atoms with Crippen LogP contribution in [0, 0.1) is 5.41 Å². The number of aromatic nitrogens is 1. The minimum atomic E-state index is -0.289. The van der Waals surface area contributed by atoms with Gasteiger partial charge in [0.05, 0.1) is 17.3 Å². The highest BCUT2D eigenvalue weighted by atomic mass is 16.2. The lowest BCUT2D eigenvalue weighted by atomic mass is 9.81. The molecule has 1 N–H and O–H groups in total. The van der Waals surface area contributed by atoms with E-state index in [0.717, 1.165) is 31.6 Å². The monoisotopic (exact) mass is 233 g/mol. The summed E-state index contributed by atoms with van der Waals surface area (Å²) in [7, 11) is 1.82. The van der Waals surface area contributed by atoms with Crippen molar-refractivity contribution in [3.05, 3.63) is 24.5 Å². The summed E-state index contributed by atoms with van der Waals surface area (Å²) in [6, 6.07) is 3.76. The fourth-order valence-electron chi connectivity index (χ4n) is 2.31. The van der Waals surface area contributed by atoms with Gasteiger partial charge in [0.15, 0.2) is 0 Å². The molecule has 1 amide bonds. The first-order valence-corrected chi connectivity index (χ1v) is 6.02. The van der Waals surface area contributed by atoms with Crippen molar-refractivity contribution in [1.82, 2.24) is 10.3 Å². The maximum atomic E-state index is 12.5. The first kappa shape index (κ1) is 12.0. The molecule has 1 aromatic heterocycles. The van der Waals surface area contributed by atoms with E-state index < -0.39 is 0 Å². The van der Waals surface area contributed by atoms with Crippen LogP contribution in [0.15, 0.2) is 24.5 Å². The number of anilines is 1. The molecule has 1 aromatic rings. The van der Waals surface area contributed by atoms with Crippen LogP contribution in [-0.4, -0.2) is 31.0 Å². The zero-order chi connectivity index (χ0) is 12.3. The minimum Gasteiger partial charge on any atom is -0.316 e. The number of carbonyl (C=O) groups excluding carboxylic acids is 1. The molecule has 4 nitrogen and oxygen atoms in total. The third-order valence-corrected chi connectivity index (χ3v) is 3.45. The molecule has 1 fully saturated rings. The molecule has 2 heterocycles. The second kappa shape index (κ2) is 4.84. The second-order valence-electron chi connectivity index (χ2n) is 4.92. The van der Waals surface area contributed by atoms with E-state index in [1.54, 1.807) is 17.3 Å². The maximum absolute atomic E-state index is 12.5. The zero-order valence-electron chi connectivity index (χ0n) is 10.4. The van der Waals surface area contributed by atoms with Crippen molar-refractivity contribution < 1.29 is 4.79 Å². The third kappa shape index (κ3) is 2.47. The highest BCUT2D eigenvalue weighted by Crippen LogP contribution is 2.29. The number of amides is 1. The van der Waals surface area contributed by atoms with Gasteiger partial charge in [-0.1, -0.05) is 0 Å². The number of nitrogens with one attached hydrogen (secondary N) is 1. The standard InChI is InChI=1S/C13H19N3O/c1-13(6-4-8-15-10-13)12(17)16(2)11-5-3-7-14-9-11/h3,5,7,9,15H,4,6,8,10H2,1-2H3. The average molecular weight is 233 g/mol. The van der Waals surface area contributed by atoms with Gasteiger partial charge < -0.3 is 10.2 Å². The van der Waals surface area contributed by atoms with Gasteiger partial charge in [0.2, 0.25) is 5.91 Å². The summed E-state index contributed by atoms with van der Waals surface area (Å²) >= 11 is 0. The molecule has 2 rings (SSSR count). The molecule has 0 radical (unpaired) electrons. The van der Waals surface area contributed by atoms with Gasteiger partial charge in [-0.3, -0.25) is 9.78 Å².